The first-order valence-electron chi connectivity index (χ1n) is 5.77. The number of benzene rings is 1. The van der Waals surface area contributed by atoms with Crippen LogP contribution in [-0.2, 0) is 0 Å². The van der Waals surface area contributed by atoms with E-state index in [-0.39, 0.29) is 6.10 Å². The third-order valence-corrected chi connectivity index (χ3v) is 3.33. The number of hydrogen-bond acceptors (Lipinski definition) is 3. The lowest BCUT2D eigenvalue weighted by molar-refractivity contribution is 0.191. The average molecular weight is 239 g/mol. The van der Waals surface area contributed by atoms with Crippen LogP contribution in [0.3, 0.4) is 0 Å². The first-order valence-corrected chi connectivity index (χ1v) is 6.75. The van der Waals surface area contributed by atoms with Crippen molar-refractivity contribution in [2.75, 3.05) is 18.8 Å². The Morgan fingerprint density at radius 2 is 2.00 bits per heavy atom. The normalized spacial score (nSPS) is 12.7. The molecule has 0 aliphatic heterocycles. The molecule has 1 aromatic rings. The molecule has 0 amide bonds. The van der Waals surface area contributed by atoms with Crippen molar-refractivity contribution in [3.63, 3.8) is 0 Å². The average Bonchev–Trinajstić information content (AvgIpc) is 2.25. The molecule has 0 spiro atoms. The van der Waals surface area contributed by atoms with Crippen molar-refractivity contribution in [3.05, 3.63) is 29.8 Å². The number of aliphatic hydroxyl groups is 1. The molecule has 3 heteroatoms. The van der Waals surface area contributed by atoms with Crippen LogP contribution in [0.2, 0.25) is 0 Å². The van der Waals surface area contributed by atoms with Crippen molar-refractivity contribution in [2.45, 2.75) is 31.3 Å². The van der Waals surface area contributed by atoms with E-state index in [0.29, 0.717) is 6.54 Å². The molecule has 1 atom stereocenters. The third kappa shape index (κ3) is 6.16. The molecule has 16 heavy (non-hydrogen) atoms. The number of aliphatic hydroxyl groups excluding tert-OH is 1. The Kier molecular flexibility index (Phi) is 6.53. The largest absolute Gasteiger partial charge is 0.392 e. The van der Waals surface area contributed by atoms with Crippen molar-refractivity contribution in [2.24, 2.45) is 0 Å². The quantitative estimate of drug-likeness (QED) is 0.566. The lowest BCUT2D eigenvalue weighted by Gasteiger charge is -2.06. The predicted octanol–water partition coefficient (Wildman–Crippen LogP) is 2.45. The van der Waals surface area contributed by atoms with Crippen LogP contribution in [0.1, 0.15) is 18.9 Å². The first kappa shape index (κ1) is 13.6. The maximum atomic E-state index is 9.05. The number of thioether (sulfide) groups is 1. The highest BCUT2D eigenvalue weighted by molar-refractivity contribution is 7.99. The van der Waals surface area contributed by atoms with E-state index in [2.05, 4.69) is 36.5 Å². The van der Waals surface area contributed by atoms with E-state index >= 15 is 0 Å². The summed E-state index contributed by atoms with van der Waals surface area (Å²) in [7, 11) is 0. The SMILES string of the molecule is Cc1ccc(SCCCNCC(C)O)cc1. The van der Waals surface area contributed by atoms with Crippen molar-refractivity contribution >= 4 is 11.8 Å². The molecule has 0 aromatic heterocycles. The molecule has 0 aliphatic carbocycles. The molecule has 90 valence electrons. The molecule has 1 unspecified atom stereocenters. The Bertz CT molecular complexity index is 284. The molecule has 0 fully saturated rings. The maximum absolute atomic E-state index is 9.05. The van der Waals surface area contributed by atoms with Crippen LogP contribution in [0.4, 0.5) is 0 Å². The topological polar surface area (TPSA) is 32.3 Å². The van der Waals surface area contributed by atoms with Crippen LogP contribution < -0.4 is 5.32 Å². The molecule has 0 heterocycles. The van der Waals surface area contributed by atoms with Gasteiger partial charge >= 0.3 is 0 Å². The smallest absolute Gasteiger partial charge is 0.0636 e. The van der Waals surface area contributed by atoms with Crippen molar-refractivity contribution in [1.82, 2.24) is 5.32 Å². The molecular weight excluding hydrogens is 218 g/mol. The third-order valence-electron chi connectivity index (χ3n) is 2.23. The van der Waals surface area contributed by atoms with Crippen LogP contribution in [0.15, 0.2) is 29.2 Å². The van der Waals surface area contributed by atoms with Gasteiger partial charge in [0.15, 0.2) is 0 Å². The van der Waals surface area contributed by atoms with Crippen LogP contribution in [0.5, 0.6) is 0 Å². The summed E-state index contributed by atoms with van der Waals surface area (Å²) in [6.45, 7) is 5.57. The van der Waals surface area contributed by atoms with Crippen molar-refractivity contribution < 1.29 is 5.11 Å². The molecule has 2 nitrogen and oxygen atoms in total. The van der Waals surface area contributed by atoms with Crippen LogP contribution in [-0.4, -0.2) is 30.1 Å². The highest BCUT2D eigenvalue weighted by Crippen LogP contribution is 2.18. The van der Waals surface area contributed by atoms with Gasteiger partial charge in [-0.15, -0.1) is 11.8 Å². The van der Waals surface area contributed by atoms with E-state index < -0.39 is 0 Å². The Hall–Kier alpha value is -0.510. The molecule has 1 rings (SSSR count). The summed E-state index contributed by atoms with van der Waals surface area (Å²) in [5, 5.41) is 12.3. The predicted molar refractivity (Wildman–Crippen MR) is 71.1 cm³/mol. The summed E-state index contributed by atoms with van der Waals surface area (Å²) < 4.78 is 0. The molecule has 0 aliphatic rings. The Morgan fingerprint density at radius 3 is 2.62 bits per heavy atom. The van der Waals surface area contributed by atoms with Gasteiger partial charge in [-0.05, 0) is 44.7 Å². The van der Waals surface area contributed by atoms with Crippen molar-refractivity contribution in [3.8, 4) is 0 Å². The summed E-state index contributed by atoms with van der Waals surface area (Å²) in [5.74, 6) is 1.12. The van der Waals surface area contributed by atoms with Gasteiger partial charge in [0.25, 0.3) is 0 Å². The zero-order valence-corrected chi connectivity index (χ0v) is 10.9. The monoisotopic (exact) mass is 239 g/mol. The van der Waals surface area contributed by atoms with Gasteiger partial charge in [-0.3, -0.25) is 0 Å². The summed E-state index contributed by atoms with van der Waals surface area (Å²) >= 11 is 1.89. The molecule has 2 N–H and O–H groups in total. The van der Waals surface area contributed by atoms with Crippen LogP contribution in [0.25, 0.3) is 0 Å². The molecule has 0 saturated carbocycles. The summed E-state index contributed by atoms with van der Waals surface area (Å²) in [6, 6.07) is 8.63. The second-order valence-electron chi connectivity index (χ2n) is 4.07. The summed E-state index contributed by atoms with van der Waals surface area (Å²) in [4.78, 5) is 1.33. The number of hydrogen-bond donors (Lipinski definition) is 2. The zero-order valence-electron chi connectivity index (χ0n) is 10.1. The van der Waals surface area contributed by atoms with Gasteiger partial charge in [-0.25, -0.2) is 0 Å². The minimum absolute atomic E-state index is 0.246. The maximum Gasteiger partial charge on any atom is 0.0636 e. The van der Waals surface area contributed by atoms with Crippen LogP contribution >= 0.6 is 11.8 Å². The van der Waals surface area contributed by atoms with Gasteiger partial charge in [-0.2, -0.15) is 0 Å². The number of aryl methyl sites for hydroxylation is 1. The Labute approximate surface area is 102 Å². The van der Waals surface area contributed by atoms with Gasteiger partial charge in [-0.1, -0.05) is 17.7 Å². The highest BCUT2D eigenvalue weighted by atomic mass is 32.2. The first-order chi connectivity index (χ1) is 7.68. The van der Waals surface area contributed by atoms with E-state index in [1.807, 2.05) is 11.8 Å². The second kappa shape index (κ2) is 7.71. The minimum Gasteiger partial charge on any atom is -0.392 e. The van der Waals surface area contributed by atoms with Crippen LogP contribution in [0, 0.1) is 6.92 Å². The van der Waals surface area contributed by atoms with Gasteiger partial charge in [0, 0.05) is 11.4 Å². The molecule has 0 radical (unpaired) electrons. The number of nitrogens with one attached hydrogen (secondary N) is 1. The lowest BCUT2D eigenvalue weighted by atomic mass is 10.2. The van der Waals surface area contributed by atoms with Gasteiger partial charge in [0.1, 0.15) is 0 Å². The van der Waals surface area contributed by atoms with E-state index in [9.17, 15) is 0 Å². The Balaban J connectivity index is 2.05. The van der Waals surface area contributed by atoms with Gasteiger partial charge in [0.05, 0.1) is 6.10 Å². The fourth-order valence-electron chi connectivity index (χ4n) is 1.33. The van der Waals surface area contributed by atoms with E-state index in [1.165, 1.54) is 10.5 Å². The van der Waals surface area contributed by atoms with E-state index in [0.717, 1.165) is 18.7 Å². The Morgan fingerprint density at radius 1 is 1.31 bits per heavy atom. The minimum atomic E-state index is -0.246. The zero-order chi connectivity index (χ0) is 11.8. The van der Waals surface area contributed by atoms with E-state index in [4.69, 9.17) is 5.11 Å². The molecule has 1 aromatic carbocycles. The molecular formula is C13H21NOS. The highest BCUT2D eigenvalue weighted by Gasteiger charge is 1.95. The van der Waals surface area contributed by atoms with Gasteiger partial charge < -0.3 is 10.4 Å². The summed E-state index contributed by atoms with van der Waals surface area (Å²) in [6.07, 6.45) is 0.885. The standard InChI is InChI=1S/C13H21NOS/c1-11-4-6-13(7-5-11)16-9-3-8-14-10-12(2)15/h4-7,12,14-15H,3,8-10H2,1-2H3. The fraction of sp³-hybridized carbons (Fsp3) is 0.538. The fourth-order valence-corrected chi connectivity index (χ4v) is 2.19. The summed E-state index contributed by atoms with van der Waals surface area (Å²) in [5.41, 5.74) is 1.31. The molecule has 0 saturated heterocycles. The van der Waals surface area contributed by atoms with E-state index in [1.54, 1.807) is 6.92 Å². The lowest BCUT2D eigenvalue weighted by Crippen LogP contribution is -2.25. The number of rotatable bonds is 7. The van der Waals surface area contributed by atoms with Gasteiger partial charge in [0.2, 0.25) is 0 Å². The van der Waals surface area contributed by atoms with Crippen molar-refractivity contribution in [1.29, 1.82) is 0 Å². The second-order valence-corrected chi connectivity index (χ2v) is 5.24. The molecule has 0 bridgehead atoms.